The lowest BCUT2D eigenvalue weighted by atomic mass is 10.1. The number of aromatic nitrogens is 1. The molecule has 0 spiro atoms. The highest BCUT2D eigenvalue weighted by Gasteiger charge is 2.17. The zero-order chi connectivity index (χ0) is 17.3. The lowest BCUT2D eigenvalue weighted by molar-refractivity contribution is 0.0706. The normalized spacial score (nSPS) is 10.8. The van der Waals surface area contributed by atoms with Gasteiger partial charge in [0, 0.05) is 10.9 Å². The molecule has 0 unspecified atom stereocenters. The van der Waals surface area contributed by atoms with Crippen molar-refractivity contribution in [3.63, 3.8) is 0 Å². The Bertz CT molecular complexity index is 929. The van der Waals surface area contributed by atoms with Crippen LogP contribution in [0.25, 0.3) is 10.9 Å². The molecule has 1 heterocycles. The molecule has 0 saturated carbocycles. The number of nitrogens with zero attached hydrogens (tertiary/aromatic N) is 2. The second kappa shape index (κ2) is 6.13. The minimum absolute atomic E-state index is 0.0185. The quantitative estimate of drug-likeness (QED) is 0.389. The van der Waals surface area contributed by atoms with E-state index in [1.165, 1.54) is 0 Å². The van der Waals surface area contributed by atoms with Crippen molar-refractivity contribution in [1.29, 1.82) is 0 Å². The van der Waals surface area contributed by atoms with Gasteiger partial charge >= 0.3 is 0 Å². The molecule has 0 bridgehead atoms. The first-order valence-corrected chi connectivity index (χ1v) is 7.23. The number of aryl methyl sites for hydroxylation is 1. The number of nitrogens with one attached hydrogen (secondary N) is 1. The minimum Gasteiger partial charge on any atom is -0.493 e. The first-order valence-electron chi connectivity index (χ1n) is 7.23. The zero-order valence-electron chi connectivity index (χ0n) is 12.9. The van der Waals surface area contributed by atoms with Gasteiger partial charge in [0.1, 0.15) is 0 Å². The first kappa shape index (κ1) is 15.7. The molecule has 1 amide bonds. The van der Waals surface area contributed by atoms with E-state index in [-0.39, 0.29) is 11.6 Å². The number of rotatable bonds is 4. The Morgan fingerprint density at radius 1 is 1.21 bits per heavy atom. The van der Waals surface area contributed by atoms with E-state index in [0.29, 0.717) is 23.0 Å². The first-order chi connectivity index (χ1) is 11.5. The van der Waals surface area contributed by atoms with Gasteiger partial charge < -0.3 is 9.67 Å². The van der Waals surface area contributed by atoms with Gasteiger partial charge in [-0.3, -0.25) is 10.0 Å². The van der Waals surface area contributed by atoms with Crippen LogP contribution in [0.1, 0.15) is 21.5 Å². The monoisotopic (exact) mass is 325 g/mol. The van der Waals surface area contributed by atoms with Gasteiger partial charge in [0.25, 0.3) is 5.91 Å². The fourth-order valence-corrected chi connectivity index (χ4v) is 2.70. The molecule has 2 aromatic carbocycles. The average molecular weight is 325 g/mol. The number of hydrogen-bond acceptors (Lipinski definition) is 5. The Kier molecular flexibility index (Phi) is 4.01. The summed E-state index contributed by atoms with van der Waals surface area (Å²) in [5.41, 5.74) is 4.38. The number of hydrogen-bond donors (Lipinski definition) is 3. The summed E-state index contributed by atoms with van der Waals surface area (Å²) < 4.78 is 1.59. The third-order valence-corrected chi connectivity index (χ3v) is 3.92. The van der Waals surface area contributed by atoms with Crippen molar-refractivity contribution in [3.8, 4) is 5.88 Å². The largest absolute Gasteiger partial charge is 0.493 e. The molecule has 0 atom stereocenters. The summed E-state index contributed by atoms with van der Waals surface area (Å²) in [6.45, 7) is 2.20. The van der Waals surface area contributed by atoms with Crippen LogP contribution in [0, 0.1) is 11.8 Å². The van der Waals surface area contributed by atoms with Crippen molar-refractivity contribution in [3.05, 3.63) is 64.1 Å². The number of aromatic hydroxyl groups is 1. The van der Waals surface area contributed by atoms with Crippen LogP contribution in [0.15, 0.2) is 47.6 Å². The maximum Gasteiger partial charge on any atom is 0.274 e. The van der Waals surface area contributed by atoms with Crippen LogP contribution in [0.4, 0.5) is 5.69 Å². The molecular formula is C17H15N3O4. The van der Waals surface area contributed by atoms with Crippen LogP contribution in [0.5, 0.6) is 5.88 Å². The standard InChI is InChI=1S/C17H15N3O4/c1-10-2-7-14-13(8-10)15(18-23)17(22)20(14)9-11-3-5-12(6-4-11)16(21)19-24/h2-8,22,24H,9H2,1H3,(H,19,21). The van der Waals surface area contributed by atoms with Crippen molar-refractivity contribution in [1.82, 2.24) is 10.0 Å². The number of carbonyl (C=O) groups excluding carboxylic acids is 1. The fourth-order valence-electron chi connectivity index (χ4n) is 2.70. The van der Waals surface area contributed by atoms with Crippen LogP contribution >= 0.6 is 0 Å². The van der Waals surface area contributed by atoms with E-state index in [2.05, 4.69) is 5.18 Å². The smallest absolute Gasteiger partial charge is 0.274 e. The highest BCUT2D eigenvalue weighted by atomic mass is 16.5. The molecule has 0 radical (unpaired) electrons. The fraction of sp³-hybridized carbons (Fsp3) is 0.118. The van der Waals surface area contributed by atoms with Gasteiger partial charge in [-0.15, -0.1) is 4.91 Å². The second-order valence-corrected chi connectivity index (χ2v) is 5.51. The third kappa shape index (κ3) is 2.61. The molecule has 122 valence electrons. The molecule has 3 N–H and O–H groups in total. The molecule has 3 rings (SSSR count). The Morgan fingerprint density at radius 3 is 2.54 bits per heavy atom. The number of benzene rings is 2. The summed E-state index contributed by atoms with van der Waals surface area (Å²) in [5.74, 6) is -0.790. The van der Waals surface area contributed by atoms with Gasteiger partial charge in [-0.05, 0) is 41.9 Å². The van der Waals surface area contributed by atoms with E-state index in [9.17, 15) is 14.8 Å². The Hall–Kier alpha value is -3.19. The predicted octanol–water partition coefficient (Wildman–Crippen LogP) is 3.22. The summed E-state index contributed by atoms with van der Waals surface area (Å²) >= 11 is 0. The SMILES string of the molecule is Cc1ccc2c(c1)c(N=O)c(O)n2Cc1ccc(C(=O)NO)cc1. The van der Waals surface area contributed by atoms with Crippen LogP contribution in [0.2, 0.25) is 0 Å². The van der Waals surface area contributed by atoms with Crippen LogP contribution in [0.3, 0.4) is 0 Å². The molecule has 0 aliphatic rings. The number of amides is 1. The summed E-state index contributed by atoms with van der Waals surface area (Å²) in [4.78, 5) is 22.4. The van der Waals surface area contributed by atoms with Crippen molar-refractivity contribution in [2.45, 2.75) is 13.5 Å². The van der Waals surface area contributed by atoms with Gasteiger partial charge in [0.05, 0.1) is 12.1 Å². The predicted molar refractivity (Wildman–Crippen MR) is 88.6 cm³/mol. The maximum absolute atomic E-state index is 11.3. The lowest BCUT2D eigenvalue weighted by Crippen LogP contribution is -2.18. The second-order valence-electron chi connectivity index (χ2n) is 5.51. The van der Waals surface area contributed by atoms with E-state index in [4.69, 9.17) is 5.21 Å². The van der Waals surface area contributed by atoms with Gasteiger partial charge in [0.2, 0.25) is 5.88 Å². The minimum atomic E-state index is -0.598. The highest BCUT2D eigenvalue weighted by Crippen LogP contribution is 2.39. The molecule has 0 saturated heterocycles. The summed E-state index contributed by atoms with van der Waals surface area (Å²) in [7, 11) is 0. The number of carbonyl (C=O) groups is 1. The summed E-state index contributed by atoms with van der Waals surface area (Å²) in [6, 6.07) is 12.1. The topological polar surface area (TPSA) is 104 Å². The summed E-state index contributed by atoms with van der Waals surface area (Å²) in [6.07, 6.45) is 0. The van der Waals surface area contributed by atoms with E-state index in [0.717, 1.165) is 11.1 Å². The molecule has 1 aromatic heterocycles. The van der Waals surface area contributed by atoms with Crippen LogP contribution in [-0.4, -0.2) is 20.8 Å². The molecule has 24 heavy (non-hydrogen) atoms. The molecule has 0 aliphatic carbocycles. The average Bonchev–Trinajstić information content (AvgIpc) is 2.85. The molecule has 3 aromatic rings. The maximum atomic E-state index is 11.3. The molecule has 7 heteroatoms. The van der Waals surface area contributed by atoms with Crippen LogP contribution in [-0.2, 0) is 6.54 Å². The molecule has 0 fully saturated rings. The van der Waals surface area contributed by atoms with E-state index < -0.39 is 5.91 Å². The zero-order valence-corrected chi connectivity index (χ0v) is 12.9. The van der Waals surface area contributed by atoms with Gasteiger partial charge in [0.15, 0.2) is 5.69 Å². The van der Waals surface area contributed by atoms with Crippen molar-refractivity contribution < 1.29 is 15.1 Å². The lowest BCUT2D eigenvalue weighted by Gasteiger charge is -2.08. The Morgan fingerprint density at radius 2 is 1.92 bits per heavy atom. The van der Waals surface area contributed by atoms with E-state index >= 15 is 0 Å². The number of nitroso groups, excluding NO2 is 1. The highest BCUT2D eigenvalue weighted by molar-refractivity contribution is 5.95. The molecular weight excluding hydrogens is 310 g/mol. The van der Waals surface area contributed by atoms with Crippen molar-refractivity contribution >= 4 is 22.5 Å². The third-order valence-electron chi connectivity index (χ3n) is 3.92. The van der Waals surface area contributed by atoms with Crippen molar-refractivity contribution in [2.24, 2.45) is 5.18 Å². The Labute approximate surface area is 137 Å². The van der Waals surface area contributed by atoms with Gasteiger partial charge in [-0.2, -0.15) is 0 Å². The summed E-state index contributed by atoms with van der Waals surface area (Å²) in [5, 5.41) is 22.5. The van der Waals surface area contributed by atoms with Gasteiger partial charge in [-0.1, -0.05) is 23.8 Å². The number of fused-ring (bicyclic) bond motifs is 1. The van der Waals surface area contributed by atoms with E-state index in [1.807, 2.05) is 19.1 Å². The van der Waals surface area contributed by atoms with Crippen LogP contribution < -0.4 is 5.48 Å². The molecule has 7 nitrogen and oxygen atoms in total. The Balaban J connectivity index is 2.02. The number of hydroxylamine groups is 1. The van der Waals surface area contributed by atoms with Gasteiger partial charge in [-0.25, -0.2) is 5.48 Å². The molecule has 0 aliphatic heterocycles. The van der Waals surface area contributed by atoms with E-state index in [1.54, 1.807) is 40.4 Å². The van der Waals surface area contributed by atoms with Crippen molar-refractivity contribution in [2.75, 3.05) is 0 Å².